The Labute approximate surface area is 147 Å². The number of ether oxygens (including phenoxy) is 1. The summed E-state index contributed by atoms with van der Waals surface area (Å²) < 4.78 is 5.37. The van der Waals surface area contributed by atoms with Crippen LogP contribution in [0.25, 0.3) is 0 Å². The zero-order valence-corrected chi connectivity index (χ0v) is 14.3. The number of nitrogens with zero attached hydrogens (tertiary/aromatic N) is 1. The van der Waals surface area contributed by atoms with E-state index in [1.165, 1.54) is 0 Å². The molecule has 3 aliphatic rings. The number of alkyl halides is 1. The molecule has 3 fully saturated rings. The second kappa shape index (κ2) is 7.06. The SMILES string of the molecule is N#CC1C(Br)C2O[C@@H](O)CC1(NOCc1ccccc1)C(O)[C@@H]2O. The molecule has 0 amide bonds. The van der Waals surface area contributed by atoms with Gasteiger partial charge in [0.05, 0.1) is 29.0 Å². The van der Waals surface area contributed by atoms with Crippen molar-refractivity contribution in [2.24, 2.45) is 5.92 Å². The minimum atomic E-state index is -1.36. The smallest absolute Gasteiger partial charge is 0.157 e. The molecule has 2 heterocycles. The third-order valence-electron chi connectivity index (χ3n) is 4.68. The molecule has 130 valence electrons. The van der Waals surface area contributed by atoms with Crippen LogP contribution in [0, 0.1) is 17.2 Å². The van der Waals surface area contributed by atoms with E-state index in [4.69, 9.17) is 9.57 Å². The molecule has 1 aromatic rings. The highest BCUT2D eigenvalue weighted by Gasteiger charge is 2.63. The fourth-order valence-corrected chi connectivity index (χ4v) is 4.46. The number of hydrogen-bond acceptors (Lipinski definition) is 7. The van der Waals surface area contributed by atoms with Crippen LogP contribution in [0.15, 0.2) is 30.3 Å². The van der Waals surface area contributed by atoms with Crippen LogP contribution >= 0.6 is 15.9 Å². The third-order valence-corrected chi connectivity index (χ3v) is 5.73. The number of fused-ring (bicyclic) bond motifs is 4. The highest BCUT2D eigenvalue weighted by Crippen LogP contribution is 2.45. The average Bonchev–Trinajstić information content (AvgIpc) is 2.74. The van der Waals surface area contributed by atoms with Gasteiger partial charge < -0.3 is 20.1 Å². The second-order valence-corrected chi connectivity index (χ2v) is 7.22. The van der Waals surface area contributed by atoms with Crippen LogP contribution in [0.5, 0.6) is 0 Å². The van der Waals surface area contributed by atoms with Crippen LogP contribution in [0.1, 0.15) is 12.0 Å². The van der Waals surface area contributed by atoms with Crippen LogP contribution in [0.2, 0.25) is 0 Å². The van der Waals surface area contributed by atoms with Crippen molar-refractivity contribution in [3.05, 3.63) is 35.9 Å². The van der Waals surface area contributed by atoms with E-state index in [9.17, 15) is 20.6 Å². The summed E-state index contributed by atoms with van der Waals surface area (Å²) in [6, 6.07) is 11.5. The van der Waals surface area contributed by atoms with Gasteiger partial charge in [0.2, 0.25) is 0 Å². The van der Waals surface area contributed by atoms with Crippen molar-refractivity contribution in [2.75, 3.05) is 0 Å². The predicted octanol–water partition coefficient (Wildman–Crippen LogP) is 0.193. The van der Waals surface area contributed by atoms with Crippen molar-refractivity contribution in [1.29, 1.82) is 5.26 Å². The van der Waals surface area contributed by atoms with E-state index in [1.807, 2.05) is 30.3 Å². The summed E-state index contributed by atoms with van der Waals surface area (Å²) in [4.78, 5) is 4.96. The molecule has 7 nitrogen and oxygen atoms in total. The molecule has 2 saturated heterocycles. The Balaban J connectivity index is 1.83. The molecule has 7 atom stereocenters. The van der Waals surface area contributed by atoms with Crippen molar-refractivity contribution in [3.63, 3.8) is 0 Å². The predicted molar refractivity (Wildman–Crippen MR) is 86.4 cm³/mol. The van der Waals surface area contributed by atoms with Gasteiger partial charge in [-0.05, 0) is 5.56 Å². The number of hydroxylamine groups is 1. The first-order valence-corrected chi connectivity index (χ1v) is 8.57. The first-order valence-electron chi connectivity index (χ1n) is 7.66. The number of aliphatic hydroxyl groups is 3. The number of hydrogen-bond donors (Lipinski definition) is 4. The van der Waals surface area contributed by atoms with Crippen LogP contribution in [-0.4, -0.2) is 50.3 Å². The van der Waals surface area contributed by atoms with Crippen LogP contribution < -0.4 is 5.48 Å². The second-order valence-electron chi connectivity index (χ2n) is 6.16. The molecule has 0 aromatic heterocycles. The first-order chi connectivity index (χ1) is 11.5. The monoisotopic (exact) mass is 398 g/mol. The van der Waals surface area contributed by atoms with Crippen LogP contribution in [0.3, 0.4) is 0 Å². The van der Waals surface area contributed by atoms with Crippen molar-refractivity contribution < 1.29 is 24.9 Å². The van der Waals surface area contributed by atoms with E-state index in [0.717, 1.165) is 5.56 Å². The number of nitrogens with one attached hydrogen (secondary N) is 1. The topological polar surface area (TPSA) is 115 Å². The van der Waals surface area contributed by atoms with E-state index in [2.05, 4.69) is 27.5 Å². The standard InChI is InChI=1S/C16H19BrN2O5/c17-12-10(7-18)16(19-23-8-9-4-2-1-3-5-9)6-11(20)24-14(12)13(21)15(16)22/h1-5,10-15,19-22H,6,8H2/t10?,11-,12?,13-,14?,15?,16?/m1/s1. The summed E-state index contributed by atoms with van der Waals surface area (Å²) in [5, 5.41) is 40.5. The van der Waals surface area contributed by atoms with E-state index in [-0.39, 0.29) is 13.0 Å². The van der Waals surface area contributed by atoms with Gasteiger partial charge in [-0.25, -0.2) is 0 Å². The van der Waals surface area contributed by atoms with E-state index in [1.54, 1.807) is 0 Å². The zero-order valence-electron chi connectivity index (χ0n) is 12.7. The zero-order chi connectivity index (χ0) is 17.3. The van der Waals surface area contributed by atoms with Gasteiger partial charge >= 0.3 is 0 Å². The van der Waals surface area contributed by atoms with Gasteiger partial charge in [0.25, 0.3) is 0 Å². The molecule has 0 radical (unpaired) electrons. The summed E-state index contributed by atoms with van der Waals surface area (Å²) in [7, 11) is 0. The first kappa shape index (κ1) is 17.8. The summed E-state index contributed by atoms with van der Waals surface area (Å²) in [5.74, 6) is -0.770. The van der Waals surface area contributed by atoms with Gasteiger partial charge in [-0.2, -0.15) is 10.7 Å². The lowest BCUT2D eigenvalue weighted by Crippen LogP contribution is -2.70. The third kappa shape index (κ3) is 2.97. The maximum atomic E-state index is 10.6. The van der Waals surface area contributed by atoms with E-state index in [0.29, 0.717) is 0 Å². The molecular weight excluding hydrogens is 380 g/mol. The lowest BCUT2D eigenvalue weighted by atomic mass is 9.68. The van der Waals surface area contributed by atoms with E-state index < -0.39 is 40.9 Å². The molecule has 5 unspecified atom stereocenters. The van der Waals surface area contributed by atoms with Gasteiger partial charge in [0.1, 0.15) is 18.3 Å². The Morgan fingerprint density at radius 1 is 1.33 bits per heavy atom. The molecule has 0 spiro atoms. The number of rotatable bonds is 4. The Morgan fingerprint density at radius 3 is 2.71 bits per heavy atom. The van der Waals surface area contributed by atoms with Crippen molar-refractivity contribution in [3.8, 4) is 6.07 Å². The Hall–Kier alpha value is -1.05. The summed E-state index contributed by atoms with van der Waals surface area (Å²) >= 11 is 3.36. The highest BCUT2D eigenvalue weighted by atomic mass is 79.9. The lowest BCUT2D eigenvalue weighted by Gasteiger charge is -2.48. The lowest BCUT2D eigenvalue weighted by molar-refractivity contribution is -0.173. The maximum Gasteiger partial charge on any atom is 0.157 e. The Bertz CT molecular complexity index is 612. The van der Waals surface area contributed by atoms with Crippen molar-refractivity contribution >= 4 is 15.9 Å². The quantitative estimate of drug-likeness (QED) is 0.422. The summed E-state index contributed by atoms with van der Waals surface area (Å²) in [6.45, 7) is 0.205. The largest absolute Gasteiger partial charge is 0.388 e. The maximum absolute atomic E-state index is 10.6. The molecule has 2 aliphatic heterocycles. The van der Waals surface area contributed by atoms with Gasteiger partial charge in [-0.15, -0.1) is 0 Å². The number of halogens is 1. The Morgan fingerprint density at radius 2 is 2.04 bits per heavy atom. The van der Waals surface area contributed by atoms with Crippen molar-refractivity contribution in [1.82, 2.24) is 5.48 Å². The van der Waals surface area contributed by atoms with Gasteiger partial charge in [-0.1, -0.05) is 46.3 Å². The normalized spacial score (nSPS) is 41.6. The van der Waals surface area contributed by atoms with Crippen LogP contribution in [0.4, 0.5) is 0 Å². The van der Waals surface area contributed by atoms with Crippen LogP contribution in [-0.2, 0) is 16.2 Å². The molecule has 1 saturated carbocycles. The molecule has 2 bridgehead atoms. The minimum Gasteiger partial charge on any atom is -0.388 e. The Kier molecular flexibility index (Phi) is 5.22. The molecule has 1 aromatic carbocycles. The van der Waals surface area contributed by atoms with Gasteiger partial charge in [-0.3, -0.25) is 4.84 Å². The molecule has 24 heavy (non-hydrogen) atoms. The van der Waals surface area contributed by atoms with Crippen molar-refractivity contribution in [2.45, 2.75) is 48.0 Å². The molecule has 1 aliphatic carbocycles. The fourth-order valence-electron chi connectivity index (χ4n) is 3.43. The fraction of sp³-hybridized carbons (Fsp3) is 0.562. The minimum absolute atomic E-state index is 0.0865. The molecule has 4 rings (SSSR count). The summed E-state index contributed by atoms with van der Waals surface area (Å²) in [6.07, 6.45) is -4.78. The highest BCUT2D eigenvalue weighted by molar-refractivity contribution is 9.09. The van der Waals surface area contributed by atoms with Gasteiger partial charge in [0.15, 0.2) is 6.29 Å². The van der Waals surface area contributed by atoms with Gasteiger partial charge in [0, 0.05) is 6.42 Å². The molecule has 8 heteroatoms. The molecular formula is C16H19BrN2O5. The average molecular weight is 399 g/mol. The van der Waals surface area contributed by atoms with E-state index >= 15 is 0 Å². The number of aliphatic hydroxyl groups excluding tert-OH is 3. The number of benzene rings is 1. The number of nitriles is 1. The summed E-state index contributed by atoms with van der Waals surface area (Å²) in [5.41, 5.74) is 2.30. The molecule has 4 N–H and O–H groups in total.